The molecule has 0 bridgehead atoms. The first kappa shape index (κ1) is 19.9. The van der Waals surface area contributed by atoms with Crippen molar-refractivity contribution in [1.82, 2.24) is 5.01 Å². The van der Waals surface area contributed by atoms with Gasteiger partial charge in [-0.05, 0) is 11.1 Å². The molecule has 0 saturated heterocycles. The molecule has 2 rings (SSSR count). The van der Waals surface area contributed by atoms with Gasteiger partial charge in [0.1, 0.15) is 13.2 Å². The Bertz CT molecular complexity index is 723. The number of hydrogen-bond acceptors (Lipinski definition) is 7. The summed E-state index contributed by atoms with van der Waals surface area (Å²) in [7, 11) is 0. The quantitative estimate of drug-likeness (QED) is 0.285. The summed E-state index contributed by atoms with van der Waals surface area (Å²) in [6, 6.07) is 18.2. The van der Waals surface area contributed by atoms with Crippen molar-refractivity contribution in [2.24, 2.45) is 5.29 Å². The third kappa shape index (κ3) is 7.55. The maximum atomic E-state index is 11.8. The molecule has 0 radical (unpaired) electrons. The van der Waals surface area contributed by atoms with E-state index in [1.54, 1.807) is 12.1 Å². The fourth-order valence-corrected chi connectivity index (χ4v) is 2.09. The van der Waals surface area contributed by atoms with Crippen molar-refractivity contribution >= 4 is 12.2 Å². The summed E-state index contributed by atoms with van der Waals surface area (Å²) >= 11 is 0. The second-order valence-corrected chi connectivity index (χ2v) is 5.47. The molecule has 0 N–H and O–H groups in total. The molecule has 0 aliphatic rings. The van der Waals surface area contributed by atoms with Gasteiger partial charge in [-0.3, -0.25) is 0 Å². The van der Waals surface area contributed by atoms with Crippen molar-refractivity contribution in [3.63, 3.8) is 0 Å². The van der Waals surface area contributed by atoms with Crippen molar-refractivity contribution in [2.45, 2.75) is 19.6 Å². The Morgan fingerprint density at radius 2 is 1.37 bits per heavy atom. The third-order valence-electron chi connectivity index (χ3n) is 3.45. The van der Waals surface area contributed by atoms with E-state index < -0.39 is 12.2 Å². The molecule has 0 aromatic heterocycles. The number of rotatable bonds is 9. The van der Waals surface area contributed by atoms with Gasteiger partial charge < -0.3 is 14.2 Å². The zero-order valence-electron chi connectivity index (χ0n) is 14.7. The van der Waals surface area contributed by atoms with Crippen molar-refractivity contribution in [2.75, 3.05) is 13.2 Å². The number of amides is 1. The molecule has 0 unspecified atom stereocenters. The summed E-state index contributed by atoms with van der Waals surface area (Å²) in [5.74, 6) is 0. The van der Waals surface area contributed by atoms with Crippen molar-refractivity contribution in [3.8, 4) is 0 Å². The van der Waals surface area contributed by atoms with Crippen LogP contribution in [0.15, 0.2) is 65.9 Å². The van der Waals surface area contributed by atoms with Crippen LogP contribution in [0.25, 0.3) is 0 Å². The van der Waals surface area contributed by atoms with E-state index in [1.165, 1.54) is 0 Å². The van der Waals surface area contributed by atoms with Crippen LogP contribution in [0.4, 0.5) is 9.59 Å². The topological polar surface area (TPSA) is 94.5 Å². The number of benzene rings is 2. The molecule has 0 fully saturated rings. The van der Waals surface area contributed by atoms with Gasteiger partial charge in [-0.25, -0.2) is 9.59 Å². The highest BCUT2D eigenvalue weighted by Crippen LogP contribution is 2.05. The molecule has 0 spiro atoms. The molecular formula is C19H20N2O6. The van der Waals surface area contributed by atoms with Crippen LogP contribution in [0.1, 0.15) is 17.5 Å². The summed E-state index contributed by atoms with van der Waals surface area (Å²) < 4.78 is 14.8. The van der Waals surface area contributed by atoms with Gasteiger partial charge in [0.2, 0.25) is 0 Å². The van der Waals surface area contributed by atoms with Gasteiger partial charge in [0, 0.05) is 6.42 Å². The molecular weight excluding hydrogens is 352 g/mol. The molecule has 1 amide bonds. The number of nitrogens with zero attached hydrogens (tertiary/aromatic N) is 2. The molecule has 27 heavy (non-hydrogen) atoms. The van der Waals surface area contributed by atoms with Gasteiger partial charge in [-0.2, -0.15) is 5.01 Å². The number of carbonyl (C=O) groups is 2. The molecule has 0 saturated carbocycles. The van der Waals surface area contributed by atoms with Crippen molar-refractivity contribution in [3.05, 3.63) is 76.7 Å². The lowest BCUT2D eigenvalue weighted by molar-refractivity contribution is 0.0463. The number of nitroso groups, excluding NO2 is 1. The summed E-state index contributed by atoms with van der Waals surface area (Å²) in [5.41, 5.74) is 1.63. The van der Waals surface area contributed by atoms with Gasteiger partial charge in [-0.15, -0.1) is 4.91 Å². The maximum absolute atomic E-state index is 11.8. The van der Waals surface area contributed by atoms with Crippen LogP contribution in [-0.2, 0) is 27.4 Å². The molecule has 8 heteroatoms. The summed E-state index contributed by atoms with van der Waals surface area (Å²) in [4.78, 5) is 34.1. The monoisotopic (exact) mass is 372 g/mol. The minimum atomic E-state index is -0.861. The fourth-order valence-electron chi connectivity index (χ4n) is 2.09. The van der Waals surface area contributed by atoms with Crippen LogP contribution in [0.5, 0.6) is 0 Å². The zero-order valence-corrected chi connectivity index (χ0v) is 14.7. The Kier molecular flexibility index (Phi) is 8.29. The molecule has 2 aromatic carbocycles. The molecule has 8 nitrogen and oxygen atoms in total. The van der Waals surface area contributed by atoms with E-state index in [9.17, 15) is 14.5 Å². The van der Waals surface area contributed by atoms with Crippen LogP contribution < -0.4 is 0 Å². The molecule has 0 atom stereocenters. The van der Waals surface area contributed by atoms with Gasteiger partial charge in [-0.1, -0.05) is 60.7 Å². The molecule has 142 valence electrons. The van der Waals surface area contributed by atoms with Gasteiger partial charge >= 0.3 is 12.2 Å². The molecule has 2 aromatic rings. The lowest BCUT2D eigenvalue weighted by Gasteiger charge is -2.13. The zero-order chi connectivity index (χ0) is 19.3. The standard InChI is InChI=1S/C19H20N2O6/c22-18(26-14-16-8-3-1-4-9-16)21(20-24)12-7-13-25-19(23)27-15-17-10-5-2-6-11-17/h1-6,8-11H,7,12-15H2. The predicted octanol–water partition coefficient (Wildman–Crippen LogP) is 4.05. The van der Waals surface area contributed by atoms with E-state index in [4.69, 9.17) is 14.2 Å². The maximum Gasteiger partial charge on any atom is 0.508 e. The highest BCUT2D eigenvalue weighted by Gasteiger charge is 2.16. The van der Waals surface area contributed by atoms with Crippen LogP contribution in [0, 0.1) is 4.91 Å². The minimum Gasteiger partial charge on any atom is -0.443 e. The SMILES string of the molecule is O=NN(CCCOC(=O)OCc1ccccc1)C(=O)OCc1ccccc1. The second-order valence-electron chi connectivity index (χ2n) is 5.47. The first-order valence-corrected chi connectivity index (χ1v) is 8.34. The Morgan fingerprint density at radius 3 is 1.93 bits per heavy atom. The van der Waals surface area contributed by atoms with E-state index in [1.807, 2.05) is 48.5 Å². The summed E-state index contributed by atoms with van der Waals surface area (Å²) in [6.45, 7) is 0.0796. The lowest BCUT2D eigenvalue weighted by Crippen LogP contribution is -2.28. The van der Waals surface area contributed by atoms with E-state index in [0.717, 1.165) is 11.1 Å². The van der Waals surface area contributed by atoms with E-state index in [-0.39, 0.29) is 32.8 Å². The predicted molar refractivity (Wildman–Crippen MR) is 96.3 cm³/mol. The molecule has 0 aliphatic heterocycles. The lowest BCUT2D eigenvalue weighted by atomic mass is 10.2. The Balaban J connectivity index is 1.61. The first-order chi connectivity index (χ1) is 13.2. The highest BCUT2D eigenvalue weighted by atomic mass is 16.7. The molecule has 0 heterocycles. The average Bonchev–Trinajstić information content (AvgIpc) is 2.72. The third-order valence-corrected chi connectivity index (χ3v) is 3.45. The minimum absolute atomic E-state index is 0.0222. The fraction of sp³-hybridized carbons (Fsp3) is 0.263. The summed E-state index contributed by atoms with van der Waals surface area (Å²) in [5, 5.41) is 3.27. The van der Waals surface area contributed by atoms with Crippen molar-refractivity contribution < 1.29 is 23.8 Å². The molecule has 0 aliphatic carbocycles. The average molecular weight is 372 g/mol. The van der Waals surface area contributed by atoms with Crippen LogP contribution in [-0.4, -0.2) is 30.4 Å². The van der Waals surface area contributed by atoms with Crippen molar-refractivity contribution in [1.29, 1.82) is 0 Å². The second kappa shape index (κ2) is 11.2. The highest BCUT2D eigenvalue weighted by molar-refractivity contribution is 5.67. The van der Waals surface area contributed by atoms with E-state index in [0.29, 0.717) is 5.01 Å². The number of carbonyl (C=O) groups excluding carboxylic acids is 2. The van der Waals surface area contributed by atoms with E-state index in [2.05, 4.69) is 5.29 Å². The summed E-state index contributed by atoms with van der Waals surface area (Å²) in [6.07, 6.45) is -1.47. The van der Waals surface area contributed by atoms with E-state index >= 15 is 0 Å². The first-order valence-electron chi connectivity index (χ1n) is 8.34. The van der Waals surface area contributed by atoms with Crippen LogP contribution in [0.2, 0.25) is 0 Å². The normalized spacial score (nSPS) is 9.93. The van der Waals surface area contributed by atoms with Crippen LogP contribution >= 0.6 is 0 Å². The number of ether oxygens (including phenoxy) is 3. The van der Waals surface area contributed by atoms with Gasteiger partial charge in [0.15, 0.2) is 0 Å². The number of hydrogen-bond donors (Lipinski definition) is 0. The van der Waals surface area contributed by atoms with Crippen LogP contribution in [0.3, 0.4) is 0 Å². The Labute approximate surface area is 156 Å². The van der Waals surface area contributed by atoms with Gasteiger partial charge in [0.05, 0.1) is 18.4 Å². The smallest absolute Gasteiger partial charge is 0.443 e. The largest absolute Gasteiger partial charge is 0.508 e. The Hall–Kier alpha value is -3.42. The Morgan fingerprint density at radius 1 is 0.815 bits per heavy atom. The van der Waals surface area contributed by atoms with Gasteiger partial charge in [0.25, 0.3) is 0 Å².